The van der Waals surface area contributed by atoms with E-state index in [1.54, 1.807) is 12.1 Å². The van der Waals surface area contributed by atoms with E-state index in [1.165, 1.54) is 0 Å². The van der Waals surface area contributed by atoms with Gasteiger partial charge in [-0.05, 0) is 42.7 Å². The van der Waals surface area contributed by atoms with Crippen LogP contribution in [0.2, 0.25) is 10.0 Å². The van der Waals surface area contributed by atoms with Gasteiger partial charge < -0.3 is 15.8 Å². The normalized spacial score (nSPS) is 22.2. The predicted octanol–water partition coefficient (Wildman–Crippen LogP) is 3.94. The van der Waals surface area contributed by atoms with E-state index < -0.39 is 11.6 Å². The van der Waals surface area contributed by atoms with Crippen molar-refractivity contribution in [1.82, 2.24) is 4.90 Å². The Bertz CT molecular complexity index is 960. The van der Waals surface area contributed by atoms with Crippen molar-refractivity contribution in [2.75, 3.05) is 18.4 Å². The smallest absolute Gasteiger partial charge is 0.404 e. The fraction of sp³-hybridized carbons (Fsp3) is 0.333. The van der Waals surface area contributed by atoms with Crippen molar-refractivity contribution in [2.45, 2.75) is 30.9 Å². The number of halogens is 2. The molecule has 2 aliphatic heterocycles. The number of hydrogen-bond acceptors (Lipinski definition) is 4. The summed E-state index contributed by atoms with van der Waals surface area (Å²) in [4.78, 5) is 26.6. The van der Waals surface area contributed by atoms with E-state index in [1.807, 2.05) is 30.3 Å². The van der Waals surface area contributed by atoms with Crippen LogP contribution in [0.15, 0.2) is 42.5 Å². The number of hydrogen-bond donors (Lipinski definition) is 2. The Morgan fingerprint density at radius 1 is 1.17 bits per heavy atom. The molecular formula is C21H21Cl2N3O3. The lowest BCUT2D eigenvalue weighted by molar-refractivity contribution is -0.129. The van der Waals surface area contributed by atoms with Crippen LogP contribution in [0.4, 0.5) is 10.5 Å². The van der Waals surface area contributed by atoms with E-state index in [2.05, 4.69) is 10.2 Å². The van der Waals surface area contributed by atoms with E-state index in [-0.39, 0.29) is 12.0 Å². The summed E-state index contributed by atoms with van der Waals surface area (Å²) in [5.41, 5.74) is 6.85. The molecule has 0 spiro atoms. The topological polar surface area (TPSA) is 84.7 Å². The Labute approximate surface area is 178 Å². The number of likely N-dealkylation sites (tertiary alicyclic amines) is 1. The van der Waals surface area contributed by atoms with Crippen LogP contribution in [0.25, 0.3) is 0 Å². The van der Waals surface area contributed by atoms with E-state index in [0.717, 1.165) is 16.8 Å². The molecule has 29 heavy (non-hydrogen) atoms. The lowest BCUT2D eigenvalue weighted by atomic mass is 9.81. The number of amides is 2. The van der Waals surface area contributed by atoms with Gasteiger partial charge in [0.2, 0.25) is 5.91 Å². The standard InChI is InChI=1S/C21H21Cl2N3O3/c22-14-3-1-2-13(10-14)12-21(26-8-6-16(7-9-26)29-20(24)28)17-5-4-15(23)11-18(17)25-19(21)27/h1-5,10-11,16H,6-9,12H2,(H2,24,28)(H,25,27). The van der Waals surface area contributed by atoms with Crippen molar-refractivity contribution in [3.8, 4) is 0 Å². The van der Waals surface area contributed by atoms with Gasteiger partial charge in [0.25, 0.3) is 0 Å². The summed E-state index contributed by atoms with van der Waals surface area (Å²) < 4.78 is 5.16. The maximum atomic E-state index is 13.4. The molecular weight excluding hydrogens is 413 g/mol. The third-order valence-electron chi connectivity index (χ3n) is 5.66. The molecule has 3 N–H and O–H groups in total. The van der Waals surface area contributed by atoms with Crippen LogP contribution in [0.5, 0.6) is 0 Å². The van der Waals surface area contributed by atoms with Crippen LogP contribution in [-0.2, 0) is 21.5 Å². The average molecular weight is 434 g/mol. The van der Waals surface area contributed by atoms with E-state index in [9.17, 15) is 9.59 Å². The molecule has 2 aromatic rings. The SMILES string of the molecule is NC(=O)OC1CCN(C2(Cc3cccc(Cl)c3)C(=O)Nc3cc(Cl)ccc32)CC1. The highest BCUT2D eigenvalue weighted by Gasteiger charge is 2.52. The number of primary amides is 1. The monoisotopic (exact) mass is 433 g/mol. The van der Waals surface area contributed by atoms with Gasteiger partial charge in [-0.3, -0.25) is 9.69 Å². The zero-order valence-electron chi connectivity index (χ0n) is 15.7. The number of piperidine rings is 1. The largest absolute Gasteiger partial charge is 0.446 e. The minimum atomic E-state index is -0.887. The zero-order chi connectivity index (χ0) is 20.6. The highest BCUT2D eigenvalue weighted by Crippen LogP contribution is 2.45. The Kier molecular flexibility index (Phi) is 5.42. The van der Waals surface area contributed by atoms with Gasteiger partial charge in [0.1, 0.15) is 11.6 Å². The fourth-order valence-electron chi connectivity index (χ4n) is 4.39. The van der Waals surface area contributed by atoms with Crippen molar-refractivity contribution in [3.63, 3.8) is 0 Å². The first-order chi connectivity index (χ1) is 13.9. The number of benzene rings is 2. The summed E-state index contributed by atoms with van der Waals surface area (Å²) in [7, 11) is 0. The summed E-state index contributed by atoms with van der Waals surface area (Å²) in [6.07, 6.45) is 0.680. The number of nitrogens with one attached hydrogen (secondary N) is 1. The Hall–Kier alpha value is -2.28. The zero-order valence-corrected chi connectivity index (χ0v) is 17.2. The molecule has 0 radical (unpaired) electrons. The number of ether oxygens (including phenoxy) is 1. The Morgan fingerprint density at radius 2 is 1.90 bits per heavy atom. The number of carbonyl (C=O) groups excluding carboxylic acids is 2. The van der Waals surface area contributed by atoms with E-state index in [0.29, 0.717) is 42.4 Å². The number of anilines is 1. The molecule has 1 atom stereocenters. The molecule has 8 heteroatoms. The highest BCUT2D eigenvalue weighted by molar-refractivity contribution is 6.31. The second-order valence-corrected chi connectivity index (χ2v) is 8.31. The van der Waals surface area contributed by atoms with Crippen molar-refractivity contribution >= 4 is 40.9 Å². The molecule has 4 rings (SSSR count). The molecule has 6 nitrogen and oxygen atoms in total. The summed E-state index contributed by atoms with van der Waals surface area (Å²) >= 11 is 12.4. The summed E-state index contributed by atoms with van der Waals surface area (Å²) in [6, 6.07) is 13.0. The summed E-state index contributed by atoms with van der Waals surface area (Å²) in [5.74, 6) is -0.0935. The second-order valence-electron chi connectivity index (χ2n) is 7.43. The van der Waals surface area contributed by atoms with Crippen molar-refractivity contribution in [1.29, 1.82) is 0 Å². The Balaban J connectivity index is 1.71. The third kappa shape index (κ3) is 3.80. The molecule has 2 amide bonds. The number of nitrogens with two attached hydrogens (primary N) is 1. The average Bonchev–Trinajstić information content (AvgIpc) is 2.93. The molecule has 0 aliphatic carbocycles. The predicted molar refractivity (Wildman–Crippen MR) is 112 cm³/mol. The molecule has 2 aliphatic rings. The van der Waals surface area contributed by atoms with Crippen LogP contribution < -0.4 is 11.1 Å². The molecule has 1 unspecified atom stereocenters. The maximum absolute atomic E-state index is 13.4. The fourth-order valence-corrected chi connectivity index (χ4v) is 4.78. The van der Waals surface area contributed by atoms with E-state index >= 15 is 0 Å². The van der Waals surface area contributed by atoms with Crippen LogP contribution in [0.3, 0.4) is 0 Å². The summed E-state index contributed by atoms with van der Waals surface area (Å²) in [6.45, 7) is 1.18. The second kappa shape index (κ2) is 7.86. The lowest BCUT2D eigenvalue weighted by Gasteiger charge is -2.43. The summed E-state index contributed by atoms with van der Waals surface area (Å²) in [5, 5.41) is 4.19. The van der Waals surface area contributed by atoms with Crippen molar-refractivity contribution in [3.05, 3.63) is 63.6 Å². The molecule has 152 valence electrons. The molecule has 0 aromatic heterocycles. The first-order valence-electron chi connectivity index (χ1n) is 9.45. The maximum Gasteiger partial charge on any atom is 0.404 e. The Morgan fingerprint density at radius 3 is 2.59 bits per heavy atom. The molecule has 1 fully saturated rings. The van der Waals surface area contributed by atoms with Crippen LogP contribution >= 0.6 is 23.2 Å². The van der Waals surface area contributed by atoms with Gasteiger partial charge in [0.15, 0.2) is 0 Å². The van der Waals surface area contributed by atoms with Gasteiger partial charge in [0, 0.05) is 40.8 Å². The molecule has 0 saturated carbocycles. The third-order valence-corrected chi connectivity index (χ3v) is 6.13. The van der Waals surface area contributed by atoms with Crippen molar-refractivity contribution in [2.24, 2.45) is 5.73 Å². The van der Waals surface area contributed by atoms with Crippen molar-refractivity contribution < 1.29 is 14.3 Å². The van der Waals surface area contributed by atoms with Gasteiger partial charge in [-0.2, -0.15) is 0 Å². The van der Waals surface area contributed by atoms with Gasteiger partial charge in [-0.25, -0.2) is 4.79 Å². The molecule has 0 bridgehead atoms. The minimum Gasteiger partial charge on any atom is -0.446 e. The number of rotatable bonds is 4. The molecule has 2 aromatic carbocycles. The number of nitrogens with zero attached hydrogens (tertiary/aromatic N) is 1. The van der Waals surface area contributed by atoms with Gasteiger partial charge in [0.05, 0.1) is 0 Å². The first kappa shape index (κ1) is 20.0. The number of fused-ring (bicyclic) bond motifs is 1. The number of carbonyl (C=O) groups is 2. The van der Waals surface area contributed by atoms with Gasteiger partial charge >= 0.3 is 6.09 Å². The molecule has 1 saturated heterocycles. The highest BCUT2D eigenvalue weighted by atomic mass is 35.5. The quantitative estimate of drug-likeness (QED) is 0.764. The molecule has 2 heterocycles. The first-order valence-corrected chi connectivity index (χ1v) is 10.2. The lowest BCUT2D eigenvalue weighted by Crippen LogP contribution is -2.56. The van der Waals surface area contributed by atoms with Gasteiger partial charge in [-0.15, -0.1) is 0 Å². The van der Waals surface area contributed by atoms with Crippen LogP contribution in [-0.4, -0.2) is 36.1 Å². The minimum absolute atomic E-state index is 0.0935. The van der Waals surface area contributed by atoms with E-state index in [4.69, 9.17) is 33.7 Å². The van der Waals surface area contributed by atoms with Crippen LogP contribution in [0.1, 0.15) is 24.0 Å². The van der Waals surface area contributed by atoms with Gasteiger partial charge in [-0.1, -0.05) is 41.4 Å². The van der Waals surface area contributed by atoms with Crippen LogP contribution in [0, 0.1) is 0 Å².